The van der Waals surface area contributed by atoms with Crippen molar-refractivity contribution in [2.45, 2.75) is 24.5 Å². The zero-order valence-electron chi connectivity index (χ0n) is 13.3. The molecule has 1 aromatic carbocycles. The molecule has 0 radical (unpaired) electrons. The van der Waals surface area contributed by atoms with Gasteiger partial charge < -0.3 is 9.47 Å². The van der Waals surface area contributed by atoms with E-state index in [9.17, 15) is 40.0 Å². The van der Waals surface area contributed by atoms with Crippen LogP contribution in [0.3, 0.4) is 0 Å². The number of carbonyl (C=O) groups excluding carboxylic acids is 2. The van der Waals surface area contributed by atoms with Crippen molar-refractivity contribution in [2.24, 2.45) is 0 Å². The largest absolute Gasteiger partial charge is 0.441 e. The summed E-state index contributed by atoms with van der Waals surface area (Å²) < 4.78 is 103. The van der Waals surface area contributed by atoms with Crippen LogP contribution in [0.4, 0.5) is 22.0 Å². The molecular weight excluding hydrogens is 407 g/mol. The molecule has 27 heavy (non-hydrogen) atoms. The molecule has 0 spiro atoms. The highest BCUT2D eigenvalue weighted by Gasteiger charge is 2.66. The summed E-state index contributed by atoms with van der Waals surface area (Å²) in [5.41, 5.74) is -0.810. The van der Waals surface area contributed by atoms with Crippen LogP contribution in [0.1, 0.15) is 17.3 Å². The van der Waals surface area contributed by atoms with Crippen LogP contribution in [0.15, 0.2) is 36.4 Å². The van der Waals surface area contributed by atoms with Crippen LogP contribution in [0.25, 0.3) is 0 Å². The number of benzene rings is 1. The first-order valence-electron chi connectivity index (χ1n) is 6.67. The molecule has 1 atom stereocenters. The van der Waals surface area contributed by atoms with Crippen molar-refractivity contribution in [3.8, 4) is 5.75 Å². The monoisotopic (exact) mass is 418 g/mol. The topological polar surface area (TPSA) is 107 Å². The summed E-state index contributed by atoms with van der Waals surface area (Å²) in [7, 11) is -6.56. The maximum absolute atomic E-state index is 13.4. The van der Waals surface area contributed by atoms with Crippen molar-refractivity contribution < 1.29 is 54.0 Å². The summed E-state index contributed by atoms with van der Waals surface area (Å²) in [5.74, 6) is -3.29. The average molecular weight is 418 g/mol. The first-order chi connectivity index (χ1) is 12.1. The van der Waals surface area contributed by atoms with Crippen molar-refractivity contribution >= 4 is 22.1 Å². The zero-order valence-corrected chi connectivity index (χ0v) is 14.1. The zero-order chi connectivity index (χ0) is 21.2. The molecule has 1 aromatic rings. The van der Waals surface area contributed by atoms with Crippen LogP contribution in [0.5, 0.6) is 5.75 Å². The van der Waals surface area contributed by atoms with Gasteiger partial charge in [-0.25, -0.2) is 9.59 Å². The molecule has 13 heteroatoms. The molecule has 0 aromatic heterocycles. The van der Waals surface area contributed by atoms with Crippen molar-refractivity contribution in [3.05, 3.63) is 42.0 Å². The molecule has 0 amide bonds. The summed E-state index contributed by atoms with van der Waals surface area (Å²) in [6.07, 6.45) is -10.5. The van der Waals surface area contributed by atoms with E-state index in [4.69, 9.17) is 9.29 Å². The van der Waals surface area contributed by atoms with Gasteiger partial charge in [-0.15, -0.1) is 0 Å². The normalized spacial score (nSPS) is 13.6. The Morgan fingerprint density at radius 1 is 1.19 bits per heavy atom. The van der Waals surface area contributed by atoms with E-state index in [1.54, 1.807) is 0 Å². The summed E-state index contributed by atoms with van der Waals surface area (Å²) in [6, 6.07) is 3.68. The van der Waals surface area contributed by atoms with E-state index in [0.29, 0.717) is 6.07 Å². The Morgan fingerprint density at radius 3 is 2.19 bits per heavy atom. The number of hydrogen-bond donors (Lipinski definition) is 1. The lowest BCUT2D eigenvalue weighted by molar-refractivity contribution is -0.248. The van der Waals surface area contributed by atoms with Crippen LogP contribution in [-0.2, 0) is 19.6 Å². The lowest BCUT2D eigenvalue weighted by atomic mass is 10.2. The minimum absolute atomic E-state index is 0.0482. The number of carbonyl (C=O) groups is 2. The van der Waals surface area contributed by atoms with Crippen molar-refractivity contribution in [3.63, 3.8) is 0 Å². The lowest BCUT2D eigenvalue weighted by Gasteiger charge is -2.26. The second kappa shape index (κ2) is 7.60. The average Bonchev–Trinajstić information content (AvgIpc) is 2.50. The van der Waals surface area contributed by atoms with Crippen molar-refractivity contribution in [2.75, 3.05) is 0 Å². The van der Waals surface area contributed by atoms with E-state index in [-0.39, 0.29) is 11.3 Å². The maximum atomic E-state index is 13.4. The molecule has 0 aliphatic carbocycles. The van der Waals surface area contributed by atoms with Gasteiger partial charge in [0.15, 0.2) is 0 Å². The molecule has 0 saturated carbocycles. The van der Waals surface area contributed by atoms with Gasteiger partial charge in [0, 0.05) is 5.57 Å². The van der Waals surface area contributed by atoms with Crippen molar-refractivity contribution in [1.29, 1.82) is 0 Å². The van der Waals surface area contributed by atoms with Crippen LogP contribution in [0.2, 0.25) is 0 Å². The SMILES string of the molecule is C=C(C)C(=O)Oc1cccc(C(=O)OC(C(F)(F)F)C(F)(F)S(=O)(=O)O)c1. The molecule has 0 fully saturated rings. The van der Waals surface area contributed by atoms with Crippen LogP contribution >= 0.6 is 0 Å². The van der Waals surface area contributed by atoms with Gasteiger partial charge in [-0.3, -0.25) is 4.55 Å². The summed E-state index contributed by atoms with van der Waals surface area (Å²) in [4.78, 5) is 23.1. The number of rotatable bonds is 6. The third kappa shape index (κ3) is 5.47. The highest BCUT2D eigenvalue weighted by atomic mass is 32.2. The molecule has 0 bridgehead atoms. The van der Waals surface area contributed by atoms with Gasteiger partial charge in [-0.05, 0) is 25.1 Å². The van der Waals surface area contributed by atoms with E-state index in [2.05, 4.69) is 11.3 Å². The summed E-state index contributed by atoms with van der Waals surface area (Å²) in [5, 5.41) is -5.86. The van der Waals surface area contributed by atoms with E-state index >= 15 is 0 Å². The van der Waals surface area contributed by atoms with Gasteiger partial charge in [0.05, 0.1) is 5.56 Å². The third-order valence-corrected chi connectivity index (χ3v) is 3.70. The second-order valence-electron chi connectivity index (χ2n) is 5.06. The van der Waals surface area contributed by atoms with Gasteiger partial charge in [0.25, 0.3) is 6.10 Å². The molecule has 7 nitrogen and oxygen atoms in total. The Bertz CT molecular complexity index is 861. The fourth-order valence-corrected chi connectivity index (χ4v) is 1.97. The Morgan fingerprint density at radius 2 is 1.74 bits per heavy atom. The maximum Gasteiger partial charge on any atom is 0.432 e. The fraction of sp³-hybridized carbons (Fsp3) is 0.286. The van der Waals surface area contributed by atoms with E-state index in [1.165, 1.54) is 6.92 Å². The molecule has 1 N–H and O–H groups in total. The molecule has 0 heterocycles. The van der Waals surface area contributed by atoms with Crippen LogP contribution in [0, 0.1) is 0 Å². The van der Waals surface area contributed by atoms with Crippen LogP contribution < -0.4 is 4.74 Å². The minimum atomic E-state index is -6.56. The highest BCUT2D eigenvalue weighted by Crippen LogP contribution is 2.38. The first-order valence-corrected chi connectivity index (χ1v) is 8.11. The minimum Gasteiger partial charge on any atom is -0.441 e. The lowest BCUT2D eigenvalue weighted by Crippen LogP contribution is -2.52. The highest BCUT2D eigenvalue weighted by molar-refractivity contribution is 7.86. The number of ether oxygens (including phenoxy) is 2. The van der Waals surface area contributed by atoms with Gasteiger partial charge >= 0.3 is 33.5 Å². The number of halogens is 5. The van der Waals surface area contributed by atoms with Crippen molar-refractivity contribution in [1.82, 2.24) is 0 Å². The van der Waals surface area contributed by atoms with Gasteiger partial charge in [-0.1, -0.05) is 12.6 Å². The van der Waals surface area contributed by atoms with E-state index in [0.717, 1.165) is 18.2 Å². The van der Waals surface area contributed by atoms with Gasteiger partial charge in [-0.2, -0.15) is 30.4 Å². The Balaban J connectivity index is 3.17. The summed E-state index contributed by atoms with van der Waals surface area (Å²) in [6.45, 7) is 4.55. The summed E-state index contributed by atoms with van der Waals surface area (Å²) >= 11 is 0. The predicted molar refractivity (Wildman–Crippen MR) is 78.6 cm³/mol. The molecular formula is C14H11F5O7S. The number of alkyl halides is 5. The molecule has 0 saturated heterocycles. The first kappa shape index (κ1) is 22.5. The number of hydrogen-bond acceptors (Lipinski definition) is 6. The van der Waals surface area contributed by atoms with E-state index in [1.807, 2.05) is 0 Å². The Hall–Kier alpha value is -2.54. The third-order valence-electron chi connectivity index (χ3n) is 2.80. The predicted octanol–water partition coefficient (Wildman–Crippen LogP) is 2.74. The Labute approximate surface area is 149 Å². The molecule has 0 aliphatic heterocycles. The quantitative estimate of drug-likeness (QED) is 0.249. The van der Waals surface area contributed by atoms with Gasteiger partial charge in [0.2, 0.25) is 0 Å². The second-order valence-corrected chi connectivity index (χ2v) is 6.56. The standard InChI is InChI=1S/C14H11F5O7S/c1-7(2)10(20)25-9-5-3-4-8(6-9)11(21)26-12(13(15,16)17)14(18,19)27(22,23)24/h3-6,12H,1H2,2H3,(H,22,23,24). The number of esters is 2. The Kier molecular flexibility index (Phi) is 6.33. The van der Waals surface area contributed by atoms with Crippen LogP contribution in [-0.4, -0.2) is 42.4 Å². The molecule has 1 rings (SSSR count). The smallest absolute Gasteiger partial charge is 0.432 e. The molecule has 1 unspecified atom stereocenters. The van der Waals surface area contributed by atoms with E-state index < -0.39 is 45.2 Å². The van der Waals surface area contributed by atoms with Gasteiger partial charge in [0.1, 0.15) is 5.75 Å². The molecule has 0 aliphatic rings. The fourth-order valence-electron chi connectivity index (χ4n) is 1.52. The molecule has 150 valence electrons.